The molecule has 1 aliphatic carbocycles. The van der Waals surface area contributed by atoms with Gasteiger partial charge in [-0.25, -0.2) is 0 Å². The standard InChI is InChI=1S/C19H21ClN2O/c1-22-7-6-12-8-16(20)18(23)10-15(12)19-14-9-13(21)4-2-11(14)3-5-17(19)22/h2,4,8-10,17,19,23H,3,5-7,21H2,1H3/t17-,19+/m0/s1. The molecule has 2 atom stereocenters. The number of nitrogens with zero attached hydrogens (tertiary/aromatic N) is 1. The number of hydrogen-bond donors (Lipinski definition) is 2. The van der Waals surface area contributed by atoms with Gasteiger partial charge in [0, 0.05) is 24.2 Å². The Morgan fingerprint density at radius 3 is 2.74 bits per heavy atom. The normalized spacial score (nSPS) is 23.6. The number of benzene rings is 2. The number of phenols is 1. The van der Waals surface area contributed by atoms with E-state index < -0.39 is 0 Å². The van der Waals surface area contributed by atoms with Crippen LogP contribution in [0.2, 0.25) is 5.02 Å². The Morgan fingerprint density at radius 2 is 1.91 bits per heavy atom. The second-order valence-electron chi connectivity index (χ2n) is 6.77. The van der Waals surface area contributed by atoms with Crippen molar-refractivity contribution in [1.29, 1.82) is 0 Å². The molecule has 2 aromatic carbocycles. The maximum Gasteiger partial charge on any atom is 0.134 e. The van der Waals surface area contributed by atoms with Crippen LogP contribution in [0.5, 0.6) is 5.75 Å². The molecule has 0 amide bonds. The fraction of sp³-hybridized carbons (Fsp3) is 0.368. The van der Waals surface area contributed by atoms with Crippen LogP contribution >= 0.6 is 11.6 Å². The maximum atomic E-state index is 10.2. The van der Waals surface area contributed by atoms with Crippen LogP contribution in [0.4, 0.5) is 5.69 Å². The molecule has 0 unspecified atom stereocenters. The lowest BCUT2D eigenvalue weighted by Crippen LogP contribution is -2.39. The van der Waals surface area contributed by atoms with Gasteiger partial charge in [-0.15, -0.1) is 0 Å². The summed E-state index contributed by atoms with van der Waals surface area (Å²) in [4.78, 5) is 2.45. The van der Waals surface area contributed by atoms with Crippen molar-refractivity contribution in [1.82, 2.24) is 4.90 Å². The summed E-state index contributed by atoms with van der Waals surface area (Å²) in [6.45, 7) is 1.01. The van der Waals surface area contributed by atoms with Crippen molar-refractivity contribution < 1.29 is 5.11 Å². The summed E-state index contributed by atoms with van der Waals surface area (Å²) < 4.78 is 0. The van der Waals surface area contributed by atoms with E-state index in [2.05, 4.69) is 24.1 Å². The van der Waals surface area contributed by atoms with Gasteiger partial charge in [0.25, 0.3) is 0 Å². The lowest BCUT2D eigenvalue weighted by atomic mass is 9.74. The number of nitrogen functional groups attached to an aromatic ring is 1. The number of fused-ring (bicyclic) bond motifs is 5. The number of anilines is 1. The summed E-state index contributed by atoms with van der Waals surface area (Å²) in [5.41, 5.74) is 12.0. The molecule has 0 spiro atoms. The largest absolute Gasteiger partial charge is 0.506 e. The number of likely N-dealkylation sites (N-methyl/N-ethyl adjacent to an activating group) is 1. The molecule has 23 heavy (non-hydrogen) atoms. The van der Waals surface area contributed by atoms with Crippen molar-refractivity contribution >= 4 is 17.3 Å². The fourth-order valence-electron chi connectivity index (χ4n) is 4.25. The highest BCUT2D eigenvalue weighted by molar-refractivity contribution is 6.32. The number of aromatic hydroxyl groups is 1. The molecule has 1 heterocycles. The number of nitrogens with two attached hydrogens (primary N) is 1. The summed E-state index contributed by atoms with van der Waals surface area (Å²) in [7, 11) is 2.20. The molecule has 3 N–H and O–H groups in total. The van der Waals surface area contributed by atoms with Gasteiger partial charge in [0.1, 0.15) is 5.75 Å². The molecule has 1 aliphatic heterocycles. The minimum absolute atomic E-state index is 0.171. The zero-order valence-corrected chi connectivity index (χ0v) is 14.0. The van der Waals surface area contributed by atoms with Crippen LogP contribution in [0, 0.1) is 0 Å². The predicted octanol–water partition coefficient (Wildman–Crippen LogP) is 3.56. The van der Waals surface area contributed by atoms with Gasteiger partial charge in [-0.3, -0.25) is 0 Å². The molecule has 3 nitrogen and oxygen atoms in total. The van der Waals surface area contributed by atoms with Gasteiger partial charge < -0.3 is 15.7 Å². The van der Waals surface area contributed by atoms with E-state index in [1.807, 2.05) is 18.2 Å². The lowest BCUT2D eigenvalue weighted by Gasteiger charge is -2.38. The predicted molar refractivity (Wildman–Crippen MR) is 94.3 cm³/mol. The van der Waals surface area contributed by atoms with Crippen LogP contribution < -0.4 is 5.73 Å². The van der Waals surface area contributed by atoms with E-state index in [4.69, 9.17) is 17.3 Å². The van der Waals surface area contributed by atoms with E-state index in [0.717, 1.165) is 31.5 Å². The van der Waals surface area contributed by atoms with E-state index in [0.29, 0.717) is 11.1 Å². The van der Waals surface area contributed by atoms with Crippen molar-refractivity contribution in [3.05, 3.63) is 57.6 Å². The van der Waals surface area contributed by atoms with Gasteiger partial charge in [0.15, 0.2) is 0 Å². The first-order valence-corrected chi connectivity index (χ1v) is 8.52. The topological polar surface area (TPSA) is 49.5 Å². The Hall–Kier alpha value is -1.71. The van der Waals surface area contributed by atoms with Crippen molar-refractivity contribution in [3.8, 4) is 5.75 Å². The maximum absolute atomic E-state index is 10.2. The molecule has 0 radical (unpaired) electrons. The molecular formula is C19H21ClN2O. The number of rotatable bonds is 0. The average molecular weight is 329 g/mol. The summed E-state index contributed by atoms with van der Waals surface area (Å²) >= 11 is 6.15. The molecule has 4 rings (SSSR count). The van der Waals surface area contributed by atoms with Crippen LogP contribution in [0.3, 0.4) is 0 Å². The lowest BCUT2D eigenvalue weighted by molar-refractivity contribution is 0.214. The third-order valence-electron chi connectivity index (χ3n) is 5.44. The van der Waals surface area contributed by atoms with E-state index in [1.165, 1.54) is 22.3 Å². The number of aryl methyl sites for hydroxylation is 1. The van der Waals surface area contributed by atoms with Crippen molar-refractivity contribution in [2.75, 3.05) is 19.3 Å². The second kappa shape index (κ2) is 5.43. The highest BCUT2D eigenvalue weighted by Crippen LogP contribution is 2.44. The van der Waals surface area contributed by atoms with Gasteiger partial charge in [0.2, 0.25) is 0 Å². The van der Waals surface area contributed by atoms with Crippen LogP contribution in [-0.2, 0) is 12.8 Å². The first-order valence-electron chi connectivity index (χ1n) is 8.14. The Balaban J connectivity index is 1.95. The first kappa shape index (κ1) is 14.9. The van der Waals surface area contributed by atoms with Crippen molar-refractivity contribution in [3.63, 3.8) is 0 Å². The van der Waals surface area contributed by atoms with Crippen LogP contribution in [-0.4, -0.2) is 29.6 Å². The SMILES string of the molecule is CN1CCc2cc(Cl)c(O)cc2[C@H]2c3cc(N)ccc3CC[C@@H]21. The van der Waals surface area contributed by atoms with Crippen LogP contribution in [0.1, 0.15) is 34.6 Å². The first-order chi connectivity index (χ1) is 11.0. The smallest absolute Gasteiger partial charge is 0.134 e. The van der Waals surface area contributed by atoms with Gasteiger partial charge >= 0.3 is 0 Å². The molecule has 4 heteroatoms. The quantitative estimate of drug-likeness (QED) is 0.727. The zero-order chi connectivity index (χ0) is 16.1. The highest BCUT2D eigenvalue weighted by atomic mass is 35.5. The second-order valence-corrected chi connectivity index (χ2v) is 7.18. The molecule has 0 aromatic heterocycles. The Bertz CT molecular complexity index is 774. The average Bonchev–Trinajstić information content (AvgIpc) is 2.66. The minimum Gasteiger partial charge on any atom is -0.506 e. The Kier molecular flexibility index (Phi) is 3.51. The molecule has 0 fully saturated rings. The summed E-state index contributed by atoms with van der Waals surface area (Å²) in [6, 6.07) is 10.5. The molecule has 0 saturated heterocycles. The monoisotopic (exact) mass is 328 g/mol. The van der Waals surface area contributed by atoms with Gasteiger partial charge in [-0.2, -0.15) is 0 Å². The summed E-state index contributed by atoms with van der Waals surface area (Å²) in [5, 5.41) is 10.6. The molecular weight excluding hydrogens is 308 g/mol. The van der Waals surface area contributed by atoms with Crippen LogP contribution in [0.15, 0.2) is 30.3 Å². The van der Waals surface area contributed by atoms with Crippen LogP contribution in [0.25, 0.3) is 0 Å². The third kappa shape index (κ3) is 2.39. The number of hydrogen-bond acceptors (Lipinski definition) is 3. The van der Waals surface area contributed by atoms with E-state index in [1.54, 1.807) is 0 Å². The summed E-state index contributed by atoms with van der Waals surface area (Å²) in [6.07, 6.45) is 3.16. The van der Waals surface area contributed by atoms with Crippen molar-refractivity contribution in [2.45, 2.75) is 31.2 Å². The number of phenolic OH excluding ortho intramolecular Hbond substituents is 1. The summed E-state index contributed by atoms with van der Waals surface area (Å²) in [5.74, 6) is 0.415. The molecule has 2 aliphatic rings. The fourth-order valence-corrected chi connectivity index (χ4v) is 4.43. The van der Waals surface area contributed by atoms with E-state index in [9.17, 15) is 5.11 Å². The van der Waals surface area contributed by atoms with E-state index in [-0.39, 0.29) is 11.7 Å². The Morgan fingerprint density at radius 1 is 1.13 bits per heavy atom. The van der Waals surface area contributed by atoms with Gasteiger partial charge in [0.05, 0.1) is 5.02 Å². The molecule has 2 aromatic rings. The zero-order valence-electron chi connectivity index (χ0n) is 13.2. The highest BCUT2D eigenvalue weighted by Gasteiger charge is 2.36. The molecule has 120 valence electrons. The molecule has 0 bridgehead atoms. The van der Waals surface area contributed by atoms with Crippen molar-refractivity contribution in [2.24, 2.45) is 0 Å². The third-order valence-corrected chi connectivity index (χ3v) is 5.75. The van der Waals surface area contributed by atoms with E-state index >= 15 is 0 Å². The minimum atomic E-state index is 0.171. The molecule has 0 saturated carbocycles. The van der Waals surface area contributed by atoms with Gasteiger partial charge in [-0.05, 0) is 72.8 Å². The van der Waals surface area contributed by atoms with Gasteiger partial charge in [-0.1, -0.05) is 17.7 Å². The Labute approximate surface area is 141 Å². The number of halogens is 1.